The summed E-state index contributed by atoms with van der Waals surface area (Å²) in [5, 5.41) is 6.04. The third-order valence-electron chi connectivity index (χ3n) is 9.22. The quantitative estimate of drug-likeness (QED) is 0.324. The van der Waals surface area contributed by atoms with Crippen molar-refractivity contribution in [1.29, 1.82) is 0 Å². The second-order valence-electron chi connectivity index (χ2n) is 12.5. The summed E-state index contributed by atoms with van der Waals surface area (Å²) in [5.74, 6) is -0.0359. The van der Waals surface area contributed by atoms with Crippen molar-refractivity contribution >= 4 is 34.8 Å². The molecule has 3 aromatic rings. The van der Waals surface area contributed by atoms with Crippen LogP contribution < -0.4 is 26.2 Å². The van der Waals surface area contributed by atoms with Crippen LogP contribution in [0.5, 0.6) is 0 Å². The molecule has 2 saturated heterocycles. The Morgan fingerprint density at radius 1 is 0.978 bits per heavy atom. The monoisotopic (exact) mass is 636 g/mol. The SMILES string of the molecule is C[C@@H]1[C@H](NC(=O)c2ccc(C3CC3)cc2)CCCN1c1cnc(C(N)=O)c(Nc2ccc(N3CCN(C)CC3)c(C(F)(F)F)c2)n1. The molecule has 13 heteroatoms. The first kappa shape index (κ1) is 31.6. The average Bonchev–Trinajstić information content (AvgIpc) is 3.88. The summed E-state index contributed by atoms with van der Waals surface area (Å²) < 4.78 is 42.7. The van der Waals surface area contributed by atoms with Gasteiger partial charge in [0.05, 0.1) is 11.8 Å². The minimum atomic E-state index is -4.60. The van der Waals surface area contributed by atoms with Gasteiger partial charge < -0.3 is 31.1 Å². The van der Waals surface area contributed by atoms with Gasteiger partial charge >= 0.3 is 6.18 Å². The highest BCUT2D eigenvalue weighted by molar-refractivity contribution is 5.96. The maximum Gasteiger partial charge on any atom is 0.418 e. The first-order chi connectivity index (χ1) is 22.0. The van der Waals surface area contributed by atoms with E-state index in [2.05, 4.69) is 25.5 Å². The lowest BCUT2D eigenvalue weighted by Crippen LogP contribution is -2.54. The lowest BCUT2D eigenvalue weighted by atomic mass is 9.97. The number of benzene rings is 2. The molecule has 0 bridgehead atoms. The van der Waals surface area contributed by atoms with Gasteiger partial charge in [-0.1, -0.05) is 12.1 Å². The number of hydrogen-bond acceptors (Lipinski definition) is 8. The van der Waals surface area contributed by atoms with Crippen LogP contribution in [0.2, 0.25) is 0 Å². The van der Waals surface area contributed by atoms with E-state index in [4.69, 9.17) is 5.73 Å². The Kier molecular flexibility index (Phi) is 8.78. The van der Waals surface area contributed by atoms with Crippen LogP contribution in [-0.2, 0) is 6.18 Å². The first-order valence-corrected chi connectivity index (χ1v) is 15.7. The van der Waals surface area contributed by atoms with Crippen molar-refractivity contribution in [2.45, 2.75) is 56.8 Å². The number of hydrogen-bond donors (Lipinski definition) is 3. The van der Waals surface area contributed by atoms with Crippen LogP contribution in [0.4, 0.5) is 36.2 Å². The van der Waals surface area contributed by atoms with E-state index in [-0.39, 0.29) is 40.9 Å². The van der Waals surface area contributed by atoms with Crippen molar-refractivity contribution in [3.05, 3.63) is 71.0 Å². The molecule has 1 aliphatic carbocycles. The average molecular weight is 637 g/mol. The van der Waals surface area contributed by atoms with Crippen molar-refractivity contribution in [3.8, 4) is 0 Å². The minimum absolute atomic E-state index is 0.0421. The molecule has 2 aromatic carbocycles. The largest absolute Gasteiger partial charge is 0.418 e. The fourth-order valence-electron chi connectivity index (χ4n) is 6.32. The summed E-state index contributed by atoms with van der Waals surface area (Å²) in [5.41, 5.74) is 6.68. The second kappa shape index (κ2) is 12.8. The van der Waals surface area contributed by atoms with Crippen LogP contribution in [0.25, 0.3) is 0 Å². The van der Waals surface area contributed by atoms with Crippen LogP contribution in [0, 0.1) is 0 Å². The molecule has 3 fully saturated rings. The van der Waals surface area contributed by atoms with Crippen molar-refractivity contribution in [2.75, 3.05) is 54.9 Å². The fraction of sp³-hybridized carbons (Fsp3) is 0.455. The lowest BCUT2D eigenvalue weighted by molar-refractivity contribution is -0.137. The minimum Gasteiger partial charge on any atom is -0.368 e. The topological polar surface area (TPSA) is 120 Å². The van der Waals surface area contributed by atoms with Crippen LogP contribution >= 0.6 is 0 Å². The number of piperidine rings is 1. The summed E-state index contributed by atoms with van der Waals surface area (Å²) >= 11 is 0. The summed E-state index contributed by atoms with van der Waals surface area (Å²) in [7, 11) is 1.94. The van der Waals surface area contributed by atoms with Crippen LogP contribution in [0.15, 0.2) is 48.7 Å². The number of nitrogens with zero attached hydrogens (tertiary/aromatic N) is 5. The number of carbonyl (C=O) groups excluding carboxylic acids is 2. The Hall–Kier alpha value is -4.39. The molecule has 0 radical (unpaired) electrons. The maximum absolute atomic E-state index is 14.2. The van der Waals surface area contributed by atoms with Gasteiger partial charge in [0, 0.05) is 61.7 Å². The van der Waals surface area contributed by atoms with Gasteiger partial charge in [0.2, 0.25) is 0 Å². The number of amides is 2. The van der Waals surface area contributed by atoms with Gasteiger partial charge in [0.15, 0.2) is 11.5 Å². The summed E-state index contributed by atoms with van der Waals surface area (Å²) in [6.07, 6.45) is 0.749. The summed E-state index contributed by atoms with van der Waals surface area (Å²) in [4.78, 5) is 40.0. The lowest BCUT2D eigenvalue weighted by Gasteiger charge is -2.40. The summed E-state index contributed by atoms with van der Waals surface area (Å²) in [6, 6.07) is 11.4. The Balaban J connectivity index is 1.21. The molecule has 1 saturated carbocycles. The fourth-order valence-corrected chi connectivity index (χ4v) is 6.32. The standard InChI is InChI=1S/C33H39F3N8O2/c1-20-26(40-32(46)23-9-7-22(8-10-23)21-5-6-21)4-3-13-44(20)28-19-38-29(30(37)45)31(41-28)39-24-11-12-27(25(18-24)33(34,35)36)43-16-14-42(2)15-17-43/h7-12,18-21,26H,3-6,13-17H2,1-2H3,(H2,37,45)(H,39,41)(H,40,46)/t20-,26-/m1/s1. The van der Waals surface area contributed by atoms with Crippen molar-refractivity contribution in [2.24, 2.45) is 5.73 Å². The number of nitrogens with two attached hydrogens (primary N) is 1. The van der Waals surface area contributed by atoms with Crippen molar-refractivity contribution in [3.63, 3.8) is 0 Å². The van der Waals surface area contributed by atoms with E-state index >= 15 is 0 Å². The molecular formula is C33H39F3N8O2. The van der Waals surface area contributed by atoms with Gasteiger partial charge in [0.25, 0.3) is 11.8 Å². The van der Waals surface area contributed by atoms with E-state index in [1.807, 2.05) is 43.1 Å². The number of carbonyl (C=O) groups is 2. The number of alkyl halides is 3. The van der Waals surface area contributed by atoms with Gasteiger partial charge in [-0.25, -0.2) is 9.97 Å². The van der Waals surface area contributed by atoms with E-state index < -0.39 is 17.6 Å². The molecule has 3 heterocycles. The number of primary amides is 1. The third kappa shape index (κ3) is 6.88. The van der Waals surface area contributed by atoms with Gasteiger partial charge in [-0.15, -0.1) is 0 Å². The number of rotatable bonds is 8. The number of likely N-dealkylation sites (N-methyl/N-ethyl adjacent to an activating group) is 1. The van der Waals surface area contributed by atoms with E-state index in [1.54, 1.807) is 4.90 Å². The molecule has 2 atom stereocenters. The highest BCUT2D eigenvalue weighted by Gasteiger charge is 2.36. The second-order valence-corrected chi connectivity index (χ2v) is 12.5. The molecule has 244 valence electrons. The molecule has 0 spiro atoms. The normalized spacial score (nSPS) is 20.8. The Labute approximate surface area is 266 Å². The van der Waals surface area contributed by atoms with Gasteiger partial charge in [-0.05, 0) is 81.5 Å². The third-order valence-corrected chi connectivity index (χ3v) is 9.22. The predicted octanol–water partition coefficient (Wildman–Crippen LogP) is 4.75. The molecule has 6 rings (SSSR count). The molecule has 2 amide bonds. The van der Waals surface area contributed by atoms with Gasteiger partial charge in [-0.2, -0.15) is 13.2 Å². The number of anilines is 4. The molecule has 46 heavy (non-hydrogen) atoms. The molecule has 0 unspecified atom stereocenters. The Morgan fingerprint density at radius 3 is 2.35 bits per heavy atom. The van der Waals surface area contributed by atoms with E-state index in [0.29, 0.717) is 50.0 Å². The highest BCUT2D eigenvalue weighted by Crippen LogP contribution is 2.40. The summed E-state index contributed by atoms with van der Waals surface area (Å²) in [6.45, 7) is 4.88. The number of nitrogens with one attached hydrogen (secondary N) is 2. The predicted molar refractivity (Wildman–Crippen MR) is 171 cm³/mol. The van der Waals surface area contributed by atoms with E-state index in [1.165, 1.54) is 36.7 Å². The molecule has 1 aromatic heterocycles. The maximum atomic E-state index is 14.2. The van der Waals surface area contributed by atoms with Crippen LogP contribution in [-0.4, -0.2) is 78.5 Å². The van der Waals surface area contributed by atoms with Crippen LogP contribution in [0.3, 0.4) is 0 Å². The number of piperazine rings is 1. The Bertz CT molecular complexity index is 1590. The molecule has 10 nitrogen and oxygen atoms in total. The molecule has 3 aliphatic rings. The number of aromatic nitrogens is 2. The zero-order chi connectivity index (χ0) is 32.6. The van der Waals surface area contributed by atoms with Gasteiger partial charge in [-0.3, -0.25) is 9.59 Å². The molecular weight excluding hydrogens is 597 g/mol. The Morgan fingerprint density at radius 2 is 1.70 bits per heavy atom. The van der Waals surface area contributed by atoms with E-state index in [0.717, 1.165) is 18.9 Å². The van der Waals surface area contributed by atoms with Crippen molar-refractivity contribution < 1.29 is 22.8 Å². The smallest absolute Gasteiger partial charge is 0.368 e. The first-order valence-electron chi connectivity index (χ1n) is 15.7. The molecule has 4 N–H and O–H groups in total. The zero-order valence-electron chi connectivity index (χ0n) is 26.0. The zero-order valence-corrected chi connectivity index (χ0v) is 26.0. The van der Waals surface area contributed by atoms with Crippen molar-refractivity contribution in [1.82, 2.24) is 20.2 Å². The van der Waals surface area contributed by atoms with Crippen LogP contribution in [0.1, 0.15) is 70.5 Å². The number of halogens is 3. The van der Waals surface area contributed by atoms with E-state index in [9.17, 15) is 22.8 Å². The highest BCUT2D eigenvalue weighted by atomic mass is 19.4. The van der Waals surface area contributed by atoms with Gasteiger partial charge in [0.1, 0.15) is 5.82 Å². The molecule has 2 aliphatic heterocycles.